The Balaban J connectivity index is 3.15. The average Bonchev–Trinajstić information content (AvgIpc) is 2.30. The van der Waals surface area contributed by atoms with E-state index in [4.69, 9.17) is 5.26 Å². The van der Waals surface area contributed by atoms with E-state index in [9.17, 15) is 9.18 Å². The Labute approximate surface area is 55.8 Å². The van der Waals surface area contributed by atoms with E-state index in [0.717, 1.165) is 6.20 Å². The van der Waals surface area contributed by atoms with E-state index in [1.807, 2.05) is 0 Å². The minimum atomic E-state index is -0.799. The molecule has 0 N–H and O–H groups in total. The van der Waals surface area contributed by atoms with Crippen molar-refractivity contribution in [2.24, 2.45) is 4.99 Å². The Morgan fingerprint density at radius 3 is 2.80 bits per heavy atom. The first-order chi connectivity index (χ1) is 4.79. The van der Waals surface area contributed by atoms with Crippen LogP contribution in [0.15, 0.2) is 22.6 Å². The molecule has 0 radical (unpaired) electrons. The number of halogens is 1. The fraction of sp³-hybridized carbons (Fsp3) is 0. The maximum absolute atomic E-state index is 12.3. The number of aliphatic imine (C=N–C) groups is 1. The van der Waals surface area contributed by atoms with E-state index in [-0.39, 0.29) is 11.3 Å². The molecule has 1 aliphatic heterocycles. The molecule has 1 rings (SSSR count). The van der Waals surface area contributed by atoms with Crippen LogP contribution in [0.3, 0.4) is 0 Å². The van der Waals surface area contributed by atoms with Crippen LogP contribution < -0.4 is 0 Å². The SMILES string of the molecule is N#CC1=NC=C(F)C1=C=O. The highest BCUT2D eigenvalue weighted by molar-refractivity contribution is 6.20. The number of hydrogen-bond donors (Lipinski definition) is 0. The van der Waals surface area contributed by atoms with Crippen molar-refractivity contribution in [3.8, 4) is 6.07 Å². The summed E-state index contributed by atoms with van der Waals surface area (Å²) in [6, 6.07) is 1.55. The predicted molar refractivity (Wildman–Crippen MR) is 31.4 cm³/mol. The largest absolute Gasteiger partial charge is 0.241 e. The number of nitrogens with zero attached hydrogens (tertiary/aromatic N) is 2. The van der Waals surface area contributed by atoms with Crippen LogP contribution in [0.5, 0.6) is 0 Å². The molecule has 10 heavy (non-hydrogen) atoms. The van der Waals surface area contributed by atoms with E-state index in [1.54, 1.807) is 6.07 Å². The third-order valence-electron chi connectivity index (χ3n) is 0.991. The molecule has 0 bridgehead atoms. The molecule has 3 nitrogen and oxygen atoms in total. The third kappa shape index (κ3) is 0.750. The van der Waals surface area contributed by atoms with Gasteiger partial charge in [0.15, 0.2) is 11.5 Å². The molecule has 0 amide bonds. The molecule has 4 heteroatoms. The highest BCUT2D eigenvalue weighted by Crippen LogP contribution is 2.16. The van der Waals surface area contributed by atoms with Gasteiger partial charge in [0.1, 0.15) is 17.6 Å². The van der Waals surface area contributed by atoms with Crippen LogP contribution in [0.1, 0.15) is 0 Å². The summed E-state index contributed by atoms with van der Waals surface area (Å²) in [7, 11) is 0. The second-order valence-electron chi connectivity index (χ2n) is 1.54. The van der Waals surface area contributed by atoms with Gasteiger partial charge in [-0.15, -0.1) is 0 Å². The summed E-state index contributed by atoms with van der Waals surface area (Å²) in [5, 5.41) is 8.20. The Hall–Kier alpha value is -1.72. The summed E-state index contributed by atoms with van der Waals surface area (Å²) in [4.78, 5) is 13.2. The molecule has 0 aliphatic carbocycles. The molecule has 0 spiro atoms. The molecule has 1 aliphatic rings. The number of hydrogen-bond acceptors (Lipinski definition) is 3. The minimum Gasteiger partial charge on any atom is -0.241 e. The van der Waals surface area contributed by atoms with E-state index < -0.39 is 5.83 Å². The summed E-state index contributed by atoms with van der Waals surface area (Å²) >= 11 is 0. The second-order valence-corrected chi connectivity index (χ2v) is 1.54. The van der Waals surface area contributed by atoms with E-state index in [1.165, 1.54) is 5.94 Å². The maximum Gasteiger partial charge on any atom is 0.162 e. The van der Waals surface area contributed by atoms with E-state index in [2.05, 4.69) is 4.99 Å². The zero-order valence-corrected chi connectivity index (χ0v) is 4.76. The molecular weight excluding hydrogens is 135 g/mol. The quantitative estimate of drug-likeness (QED) is 0.456. The van der Waals surface area contributed by atoms with Crippen LogP contribution in [0, 0.1) is 11.3 Å². The molecule has 1 heterocycles. The lowest BCUT2D eigenvalue weighted by atomic mass is 10.2. The highest BCUT2D eigenvalue weighted by atomic mass is 19.1. The van der Waals surface area contributed by atoms with Crippen molar-refractivity contribution in [3.63, 3.8) is 0 Å². The van der Waals surface area contributed by atoms with Gasteiger partial charge in [-0.05, 0) is 0 Å². The zero-order chi connectivity index (χ0) is 7.56. The van der Waals surface area contributed by atoms with Gasteiger partial charge in [-0.3, -0.25) is 0 Å². The van der Waals surface area contributed by atoms with Crippen molar-refractivity contribution in [3.05, 3.63) is 17.6 Å². The molecule has 0 aromatic carbocycles. The van der Waals surface area contributed by atoms with Crippen molar-refractivity contribution in [2.45, 2.75) is 0 Å². The molecular formula is C6HFN2O. The van der Waals surface area contributed by atoms with Gasteiger partial charge in [0.05, 0.1) is 6.20 Å². The summed E-state index contributed by atoms with van der Waals surface area (Å²) < 4.78 is 12.3. The molecule has 0 aromatic rings. The van der Waals surface area contributed by atoms with Crippen LogP contribution in [-0.2, 0) is 4.79 Å². The molecule has 48 valence electrons. The Kier molecular flexibility index (Phi) is 1.44. The first kappa shape index (κ1) is 6.40. The molecule has 0 unspecified atom stereocenters. The minimum absolute atomic E-state index is 0.215. The standard InChI is InChI=1S/C6HFN2O/c7-5-2-9-6(1-8)4(5)3-10/h2H. The molecule has 0 saturated heterocycles. The fourth-order valence-electron chi connectivity index (χ4n) is 0.545. The predicted octanol–water partition coefficient (Wildman–Crippen LogP) is 0.533. The lowest BCUT2D eigenvalue weighted by Crippen LogP contribution is -1.95. The average molecular weight is 136 g/mol. The number of allylic oxidation sites excluding steroid dienone is 2. The van der Waals surface area contributed by atoms with Crippen molar-refractivity contribution >= 4 is 11.7 Å². The van der Waals surface area contributed by atoms with Gasteiger partial charge in [-0.1, -0.05) is 0 Å². The van der Waals surface area contributed by atoms with Crippen molar-refractivity contribution < 1.29 is 9.18 Å². The van der Waals surface area contributed by atoms with Crippen LogP contribution in [0.25, 0.3) is 0 Å². The lowest BCUT2D eigenvalue weighted by molar-refractivity contribution is 0.566. The topological polar surface area (TPSA) is 53.2 Å². The van der Waals surface area contributed by atoms with Gasteiger partial charge in [-0.2, -0.15) is 5.26 Å². The zero-order valence-electron chi connectivity index (χ0n) is 4.76. The number of nitriles is 1. The third-order valence-corrected chi connectivity index (χ3v) is 0.991. The van der Waals surface area contributed by atoms with Gasteiger partial charge in [0.2, 0.25) is 0 Å². The van der Waals surface area contributed by atoms with Crippen molar-refractivity contribution in [1.82, 2.24) is 0 Å². The summed E-state index contributed by atoms with van der Waals surface area (Å²) in [5.41, 5.74) is -0.602. The highest BCUT2D eigenvalue weighted by Gasteiger charge is 2.17. The van der Waals surface area contributed by atoms with Crippen LogP contribution in [0.2, 0.25) is 0 Å². The van der Waals surface area contributed by atoms with Crippen molar-refractivity contribution in [2.75, 3.05) is 0 Å². The van der Waals surface area contributed by atoms with Crippen LogP contribution in [-0.4, -0.2) is 11.7 Å². The molecule has 0 fully saturated rings. The summed E-state index contributed by atoms with van der Waals surface area (Å²) in [5.74, 6) is 0.485. The first-order valence-electron chi connectivity index (χ1n) is 2.39. The smallest absolute Gasteiger partial charge is 0.162 e. The van der Waals surface area contributed by atoms with Gasteiger partial charge in [0.25, 0.3) is 0 Å². The molecule has 0 atom stereocenters. The molecule has 0 aromatic heterocycles. The van der Waals surface area contributed by atoms with E-state index >= 15 is 0 Å². The Morgan fingerprint density at radius 2 is 2.40 bits per heavy atom. The van der Waals surface area contributed by atoms with Gasteiger partial charge in [0, 0.05) is 0 Å². The Bertz CT molecular complexity index is 315. The lowest BCUT2D eigenvalue weighted by Gasteiger charge is -1.83. The fourth-order valence-corrected chi connectivity index (χ4v) is 0.545. The Morgan fingerprint density at radius 1 is 1.70 bits per heavy atom. The summed E-state index contributed by atoms with van der Waals surface area (Å²) in [6.45, 7) is 0. The maximum atomic E-state index is 12.3. The van der Waals surface area contributed by atoms with Crippen molar-refractivity contribution in [1.29, 1.82) is 5.26 Å². The monoisotopic (exact) mass is 136 g/mol. The normalized spacial score (nSPS) is 15.4. The van der Waals surface area contributed by atoms with Gasteiger partial charge < -0.3 is 0 Å². The van der Waals surface area contributed by atoms with Gasteiger partial charge in [-0.25, -0.2) is 14.2 Å². The van der Waals surface area contributed by atoms with Crippen LogP contribution in [0.4, 0.5) is 4.39 Å². The van der Waals surface area contributed by atoms with E-state index in [0.29, 0.717) is 0 Å². The number of carbonyl (C=O) groups excluding carboxylic acids is 1. The molecule has 0 saturated carbocycles. The second kappa shape index (κ2) is 2.26. The summed E-state index contributed by atoms with van der Waals surface area (Å²) in [6.07, 6.45) is 0.818. The number of rotatable bonds is 0. The van der Waals surface area contributed by atoms with Gasteiger partial charge >= 0.3 is 0 Å². The van der Waals surface area contributed by atoms with Crippen LogP contribution >= 0.6 is 0 Å². The first-order valence-corrected chi connectivity index (χ1v) is 2.39.